The molecule has 0 bridgehead atoms. The van der Waals surface area contributed by atoms with Crippen LogP contribution >= 0.6 is 0 Å². The van der Waals surface area contributed by atoms with Gasteiger partial charge in [-0.1, -0.05) is 54.6 Å². The van der Waals surface area contributed by atoms with Crippen molar-refractivity contribution in [3.8, 4) is 0 Å². The Morgan fingerprint density at radius 1 is 0.968 bits per heavy atom. The molecule has 0 fully saturated rings. The van der Waals surface area contributed by atoms with Gasteiger partial charge in [-0.3, -0.25) is 9.10 Å². The molecule has 1 atom stereocenters. The molecule has 31 heavy (non-hydrogen) atoms. The number of carbonyl (C=O) groups excluding carboxylic acids is 1. The van der Waals surface area contributed by atoms with Crippen molar-refractivity contribution in [1.29, 1.82) is 0 Å². The number of nitrogens with one attached hydrogen (secondary N) is 1. The molecule has 3 aromatic carbocycles. The average Bonchev–Trinajstić information content (AvgIpc) is 2.78. The standard InChI is InChI=1S/C25H26N2O3S/c1-31(29,30)27(22-10-3-2-4-11-22)18-19-14-16-21(17-15-19)25(28)26-24-13-7-9-20-8-5-6-12-23(20)24/h2-6,8,10-12,14-17,24H,7,9,13,18H2,1H3,(H,26,28)/t24-/m1/s1. The molecule has 1 N–H and O–H groups in total. The van der Waals surface area contributed by atoms with Crippen LogP contribution in [0.5, 0.6) is 0 Å². The molecule has 0 spiro atoms. The topological polar surface area (TPSA) is 66.5 Å². The molecular formula is C25H26N2O3S. The lowest BCUT2D eigenvalue weighted by molar-refractivity contribution is 0.0932. The summed E-state index contributed by atoms with van der Waals surface area (Å²) in [6.45, 7) is 0.209. The number of amides is 1. The van der Waals surface area contributed by atoms with Gasteiger partial charge in [-0.05, 0) is 60.2 Å². The van der Waals surface area contributed by atoms with Gasteiger partial charge in [0.25, 0.3) is 5.91 Å². The van der Waals surface area contributed by atoms with Gasteiger partial charge in [0.2, 0.25) is 10.0 Å². The molecule has 0 heterocycles. The molecule has 0 aliphatic heterocycles. The van der Waals surface area contributed by atoms with Crippen LogP contribution in [0.15, 0.2) is 78.9 Å². The molecule has 1 aliphatic rings. The first kappa shape index (κ1) is 21.1. The van der Waals surface area contributed by atoms with Crippen LogP contribution in [0, 0.1) is 0 Å². The van der Waals surface area contributed by atoms with E-state index < -0.39 is 10.0 Å². The Morgan fingerprint density at radius 2 is 1.65 bits per heavy atom. The first-order valence-electron chi connectivity index (χ1n) is 10.4. The first-order chi connectivity index (χ1) is 14.9. The molecule has 4 rings (SSSR count). The highest BCUT2D eigenvalue weighted by Crippen LogP contribution is 2.29. The highest BCUT2D eigenvalue weighted by Gasteiger charge is 2.22. The van der Waals surface area contributed by atoms with E-state index in [4.69, 9.17) is 0 Å². The minimum absolute atomic E-state index is 0.0240. The maximum absolute atomic E-state index is 12.8. The quantitative estimate of drug-likeness (QED) is 0.623. The van der Waals surface area contributed by atoms with Gasteiger partial charge in [0.1, 0.15) is 0 Å². The third kappa shape index (κ3) is 4.97. The number of hydrogen-bond acceptors (Lipinski definition) is 3. The monoisotopic (exact) mass is 434 g/mol. The third-order valence-corrected chi connectivity index (χ3v) is 6.80. The second-order valence-corrected chi connectivity index (χ2v) is 9.83. The van der Waals surface area contributed by atoms with Crippen LogP contribution in [0.4, 0.5) is 5.69 Å². The van der Waals surface area contributed by atoms with E-state index in [1.807, 2.05) is 42.5 Å². The second kappa shape index (κ2) is 8.94. The summed E-state index contributed by atoms with van der Waals surface area (Å²) >= 11 is 0. The maximum Gasteiger partial charge on any atom is 0.251 e. The number of nitrogens with zero attached hydrogens (tertiary/aromatic N) is 1. The van der Waals surface area contributed by atoms with Crippen molar-refractivity contribution >= 4 is 21.6 Å². The van der Waals surface area contributed by atoms with Crippen molar-refractivity contribution in [2.75, 3.05) is 10.6 Å². The van der Waals surface area contributed by atoms with Crippen LogP contribution in [0.25, 0.3) is 0 Å². The molecule has 0 aromatic heterocycles. The fraction of sp³-hybridized carbons (Fsp3) is 0.240. The van der Waals surface area contributed by atoms with E-state index in [0.717, 1.165) is 24.8 Å². The SMILES string of the molecule is CS(=O)(=O)N(Cc1ccc(C(=O)N[C@@H]2CCCc3ccccc32)cc1)c1ccccc1. The number of benzene rings is 3. The number of fused-ring (bicyclic) bond motifs is 1. The van der Waals surface area contributed by atoms with E-state index in [1.165, 1.54) is 21.7 Å². The summed E-state index contributed by atoms with van der Waals surface area (Å²) in [6.07, 6.45) is 4.24. The number of carbonyl (C=O) groups is 1. The Hall–Kier alpha value is -3.12. The molecule has 0 saturated heterocycles. The summed E-state index contributed by atoms with van der Waals surface area (Å²) in [6, 6.07) is 24.4. The molecule has 0 radical (unpaired) electrons. The highest BCUT2D eigenvalue weighted by molar-refractivity contribution is 7.92. The first-order valence-corrected chi connectivity index (χ1v) is 12.3. The maximum atomic E-state index is 12.8. The number of anilines is 1. The van der Waals surface area contributed by atoms with Gasteiger partial charge < -0.3 is 5.32 Å². The zero-order chi connectivity index (χ0) is 21.8. The zero-order valence-corrected chi connectivity index (χ0v) is 18.3. The smallest absolute Gasteiger partial charge is 0.251 e. The Labute approximate surface area is 183 Å². The molecule has 0 saturated carbocycles. The minimum Gasteiger partial charge on any atom is -0.345 e. The Balaban J connectivity index is 1.47. The summed E-state index contributed by atoms with van der Waals surface area (Å²) in [5.41, 5.74) is 4.50. The molecule has 6 heteroatoms. The molecule has 5 nitrogen and oxygen atoms in total. The van der Waals surface area contributed by atoms with Crippen LogP contribution in [0.1, 0.15) is 45.9 Å². The second-order valence-electron chi connectivity index (χ2n) is 7.92. The molecule has 1 amide bonds. The highest BCUT2D eigenvalue weighted by atomic mass is 32.2. The lowest BCUT2D eigenvalue weighted by atomic mass is 9.87. The van der Waals surface area contributed by atoms with Crippen molar-refractivity contribution in [3.63, 3.8) is 0 Å². The summed E-state index contributed by atoms with van der Waals surface area (Å²) in [5, 5.41) is 3.16. The number of hydrogen-bond donors (Lipinski definition) is 1. The van der Waals surface area contributed by atoms with Crippen molar-refractivity contribution in [3.05, 3.63) is 101 Å². The fourth-order valence-corrected chi connectivity index (χ4v) is 4.96. The van der Waals surface area contributed by atoms with Crippen LogP contribution in [0.2, 0.25) is 0 Å². The predicted octanol–water partition coefficient (Wildman–Crippen LogP) is 4.46. The van der Waals surface area contributed by atoms with E-state index in [-0.39, 0.29) is 18.5 Å². The normalized spacial score (nSPS) is 15.7. The van der Waals surface area contributed by atoms with Gasteiger partial charge in [0, 0.05) is 5.56 Å². The molecule has 0 unspecified atom stereocenters. The van der Waals surface area contributed by atoms with Crippen LogP contribution in [-0.4, -0.2) is 20.6 Å². The van der Waals surface area contributed by atoms with Crippen LogP contribution in [-0.2, 0) is 23.0 Å². The van der Waals surface area contributed by atoms with Crippen molar-refractivity contribution in [2.45, 2.75) is 31.8 Å². The van der Waals surface area contributed by atoms with Gasteiger partial charge >= 0.3 is 0 Å². The van der Waals surface area contributed by atoms with Gasteiger partial charge in [0.15, 0.2) is 0 Å². The van der Waals surface area contributed by atoms with Crippen molar-refractivity contribution in [1.82, 2.24) is 5.32 Å². The summed E-state index contributed by atoms with van der Waals surface area (Å²) in [5.74, 6) is -0.115. The molecule has 160 valence electrons. The van der Waals surface area contributed by atoms with Gasteiger partial charge in [0.05, 0.1) is 24.5 Å². The number of para-hydroxylation sites is 1. The van der Waals surface area contributed by atoms with Gasteiger partial charge in [-0.15, -0.1) is 0 Å². The number of aryl methyl sites for hydroxylation is 1. The largest absolute Gasteiger partial charge is 0.345 e. The van der Waals surface area contributed by atoms with Crippen molar-refractivity contribution in [2.24, 2.45) is 0 Å². The van der Waals surface area contributed by atoms with E-state index in [2.05, 4.69) is 17.4 Å². The molecule has 1 aliphatic carbocycles. The van der Waals surface area contributed by atoms with E-state index in [9.17, 15) is 13.2 Å². The number of rotatable bonds is 6. The lowest BCUT2D eigenvalue weighted by Gasteiger charge is -2.26. The predicted molar refractivity (Wildman–Crippen MR) is 123 cm³/mol. The van der Waals surface area contributed by atoms with E-state index in [0.29, 0.717) is 11.3 Å². The summed E-state index contributed by atoms with van der Waals surface area (Å²) in [7, 11) is -3.44. The van der Waals surface area contributed by atoms with E-state index in [1.54, 1.807) is 24.3 Å². The zero-order valence-electron chi connectivity index (χ0n) is 17.5. The minimum atomic E-state index is -3.44. The molecule has 3 aromatic rings. The summed E-state index contributed by atoms with van der Waals surface area (Å²) < 4.78 is 26.0. The number of sulfonamides is 1. The third-order valence-electron chi connectivity index (χ3n) is 5.66. The van der Waals surface area contributed by atoms with Crippen LogP contribution in [0.3, 0.4) is 0 Å². The lowest BCUT2D eigenvalue weighted by Crippen LogP contribution is -2.31. The van der Waals surface area contributed by atoms with Crippen molar-refractivity contribution < 1.29 is 13.2 Å². The average molecular weight is 435 g/mol. The Morgan fingerprint density at radius 3 is 2.35 bits per heavy atom. The van der Waals surface area contributed by atoms with Crippen LogP contribution < -0.4 is 9.62 Å². The van der Waals surface area contributed by atoms with E-state index >= 15 is 0 Å². The Bertz CT molecular complexity index is 1160. The fourth-order valence-electron chi connectivity index (χ4n) is 4.07. The van der Waals surface area contributed by atoms with Gasteiger partial charge in [-0.25, -0.2) is 8.42 Å². The Kier molecular flexibility index (Phi) is 6.09. The van der Waals surface area contributed by atoms with Gasteiger partial charge in [-0.2, -0.15) is 0 Å². The summed E-state index contributed by atoms with van der Waals surface area (Å²) in [4.78, 5) is 12.8. The molecular weight excluding hydrogens is 408 g/mol.